The van der Waals surface area contributed by atoms with Crippen LogP contribution in [0.3, 0.4) is 0 Å². The van der Waals surface area contributed by atoms with Crippen LogP contribution < -0.4 is 0 Å². The maximum absolute atomic E-state index is 13.1. The predicted octanol–water partition coefficient (Wildman–Crippen LogP) is 24.7. The number of aliphatic hydroxyl groups is 1. The third-order valence-corrected chi connectivity index (χ3v) is 21.1. The normalized spacial score (nSPS) is 13.9. The van der Waals surface area contributed by atoms with Crippen molar-refractivity contribution in [2.24, 2.45) is 11.8 Å². The van der Waals surface area contributed by atoms with E-state index >= 15 is 0 Å². The summed E-state index contributed by atoms with van der Waals surface area (Å²) in [6.07, 6.45) is 63.7. The average molecular weight is 1480 g/mol. The number of unbranched alkanes of at least 4 members (excludes halogenated alkanes) is 51. The minimum absolute atomic E-state index is 0.108. The quantitative estimate of drug-likeness (QED) is 0.0222. The van der Waals surface area contributed by atoms with Crippen LogP contribution in [0.25, 0.3) is 0 Å². The van der Waals surface area contributed by atoms with Crippen molar-refractivity contribution in [1.82, 2.24) is 0 Å². The standard InChI is InChI=1S/C82H160O17P2/c1-7-9-11-13-15-17-19-34-40-46-52-58-64-79(84)92-70-77(98-81(86)66-60-54-48-42-35-20-18-16-14-12-10-8-2)72-96-100(88,89)94-68-76(83)69-95-101(90,91)97-73-78(71-93-80(85)65-59-53-47-41-36-31-27-29-33-39-45-51-57-63-75(5)6)99-82(87)67-61-55-49-43-37-30-26-24-22-21-23-25-28-32-38-44-50-56-62-74(3)4/h74-78,83H,7-73H2,1-6H3,(H,88,89)(H,90,91)/t76-,77+,78+/m0/s1. The molecule has 0 heterocycles. The van der Waals surface area contributed by atoms with Gasteiger partial charge in [0.05, 0.1) is 26.4 Å². The Morgan fingerprint density at radius 1 is 0.267 bits per heavy atom. The zero-order valence-electron chi connectivity index (χ0n) is 66.2. The number of ether oxygens (including phenoxy) is 4. The number of carbonyl (C=O) groups is 4. The number of phosphoric ester groups is 2. The second-order valence-electron chi connectivity index (χ2n) is 30.5. The van der Waals surface area contributed by atoms with Crippen molar-refractivity contribution in [2.45, 2.75) is 452 Å². The topological polar surface area (TPSA) is 237 Å². The minimum atomic E-state index is -4.96. The van der Waals surface area contributed by atoms with Gasteiger partial charge in [-0.15, -0.1) is 0 Å². The van der Waals surface area contributed by atoms with E-state index in [4.69, 9.17) is 37.0 Å². The Morgan fingerprint density at radius 3 is 0.673 bits per heavy atom. The molecule has 3 N–H and O–H groups in total. The molecule has 17 nitrogen and oxygen atoms in total. The fourth-order valence-corrected chi connectivity index (χ4v) is 14.3. The highest BCUT2D eigenvalue weighted by atomic mass is 31.2. The van der Waals surface area contributed by atoms with Crippen molar-refractivity contribution in [3.8, 4) is 0 Å². The van der Waals surface area contributed by atoms with Gasteiger partial charge in [0.1, 0.15) is 19.3 Å². The van der Waals surface area contributed by atoms with Crippen LogP contribution in [0.1, 0.15) is 433 Å². The van der Waals surface area contributed by atoms with E-state index in [0.29, 0.717) is 25.7 Å². The lowest BCUT2D eigenvalue weighted by molar-refractivity contribution is -0.161. The monoisotopic (exact) mass is 1480 g/mol. The number of carbonyl (C=O) groups excluding carboxylic acids is 4. The number of rotatable bonds is 81. The molecule has 0 saturated carbocycles. The van der Waals surface area contributed by atoms with E-state index in [9.17, 15) is 43.2 Å². The van der Waals surface area contributed by atoms with Crippen molar-refractivity contribution in [2.75, 3.05) is 39.6 Å². The van der Waals surface area contributed by atoms with Crippen molar-refractivity contribution >= 4 is 39.5 Å². The summed E-state index contributed by atoms with van der Waals surface area (Å²) in [5.74, 6) is -0.494. The molecule has 0 bridgehead atoms. The minimum Gasteiger partial charge on any atom is -0.462 e. The van der Waals surface area contributed by atoms with Gasteiger partial charge in [0, 0.05) is 25.7 Å². The molecule has 0 aromatic rings. The van der Waals surface area contributed by atoms with E-state index in [1.165, 1.54) is 250 Å². The van der Waals surface area contributed by atoms with E-state index in [-0.39, 0.29) is 25.7 Å². The molecule has 0 saturated heterocycles. The Bertz CT molecular complexity index is 1940. The molecule has 0 aromatic heterocycles. The SMILES string of the molecule is CCCCCCCCCCCCCCC(=O)OC[C@H](COP(=O)(O)OC[C@H](O)COP(=O)(O)OC[C@@H](COC(=O)CCCCCCCCCCCCCCCC(C)C)OC(=O)CCCCCCCCCCCCCCCCCCCCC(C)C)OC(=O)CCCCCCCCCCCCCC. The summed E-state index contributed by atoms with van der Waals surface area (Å²) in [5.41, 5.74) is 0. The highest BCUT2D eigenvalue weighted by molar-refractivity contribution is 7.47. The van der Waals surface area contributed by atoms with E-state index in [1.54, 1.807) is 0 Å². The first-order chi connectivity index (χ1) is 48.9. The lowest BCUT2D eigenvalue weighted by Crippen LogP contribution is -2.30. The molecule has 0 aromatic carbocycles. The molecule has 19 heteroatoms. The molecular formula is C82H160O17P2. The smallest absolute Gasteiger partial charge is 0.462 e. The fourth-order valence-electron chi connectivity index (χ4n) is 12.7. The van der Waals surface area contributed by atoms with Crippen molar-refractivity contribution in [1.29, 1.82) is 0 Å². The molecule has 0 amide bonds. The largest absolute Gasteiger partial charge is 0.472 e. The molecule has 0 spiro atoms. The van der Waals surface area contributed by atoms with Gasteiger partial charge in [-0.25, -0.2) is 9.13 Å². The van der Waals surface area contributed by atoms with E-state index in [1.807, 2.05) is 0 Å². The van der Waals surface area contributed by atoms with Crippen LogP contribution >= 0.6 is 15.6 Å². The van der Waals surface area contributed by atoms with Gasteiger partial charge in [-0.05, 0) is 37.5 Å². The summed E-state index contributed by atoms with van der Waals surface area (Å²) in [4.78, 5) is 73.1. The third-order valence-electron chi connectivity index (χ3n) is 19.2. The third kappa shape index (κ3) is 76.1. The van der Waals surface area contributed by atoms with E-state index in [0.717, 1.165) is 102 Å². The van der Waals surface area contributed by atoms with Gasteiger partial charge in [-0.3, -0.25) is 37.3 Å². The second-order valence-corrected chi connectivity index (χ2v) is 33.4. The van der Waals surface area contributed by atoms with Gasteiger partial charge >= 0.3 is 39.5 Å². The molecule has 0 aliphatic heterocycles. The molecule has 0 aliphatic carbocycles. The Hall–Kier alpha value is -1.94. The van der Waals surface area contributed by atoms with Crippen LogP contribution in [0, 0.1) is 11.8 Å². The number of hydrogen-bond donors (Lipinski definition) is 3. The maximum atomic E-state index is 13.1. The predicted molar refractivity (Wildman–Crippen MR) is 414 cm³/mol. The highest BCUT2D eigenvalue weighted by Gasteiger charge is 2.30. The zero-order chi connectivity index (χ0) is 74.2. The van der Waals surface area contributed by atoms with Gasteiger partial charge in [-0.2, -0.15) is 0 Å². The van der Waals surface area contributed by atoms with Crippen LogP contribution in [0.2, 0.25) is 0 Å². The van der Waals surface area contributed by atoms with Gasteiger partial charge in [0.25, 0.3) is 0 Å². The lowest BCUT2D eigenvalue weighted by Gasteiger charge is -2.21. The van der Waals surface area contributed by atoms with Crippen LogP contribution in [0.15, 0.2) is 0 Å². The highest BCUT2D eigenvalue weighted by Crippen LogP contribution is 2.45. The Morgan fingerprint density at radius 2 is 0.455 bits per heavy atom. The summed E-state index contributed by atoms with van der Waals surface area (Å²) in [7, 11) is -9.92. The molecule has 2 unspecified atom stereocenters. The first kappa shape index (κ1) is 99.1. The average Bonchev–Trinajstić information content (AvgIpc) is 0.963. The second kappa shape index (κ2) is 73.6. The van der Waals surface area contributed by atoms with Gasteiger partial charge < -0.3 is 33.8 Å². The van der Waals surface area contributed by atoms with Crippen LogP contribution in [0.4, 0.5) is 0 Å². The van der Waals surface area contributed by atoms with Crippen LogP contribution in [-0.2, 0) is 65.4 Å². The van der Waals surface area contributed by atoms with Crippen molar-refractivity contribution in [3.63, 3.8) is 0 Å². The van der Waals surface area contributed by atoms with Crippen LogP contribution in [-0.4, -0.2) is 96.7 Å². The molecule has 0 aliphatic rings. The van der Waals surface area contributed by atoms with E-state index in [2.05, 4.69) is 41.5 Å². The van der Waals surface area contributed by atoms with Crippen molar-refractivity contribution in [3.05, 3.63) is 0 Å². The summed E-state index contributed by atoms with van der Waals surface area (Å²) in [6.45, 7) is 9.70. The van der Waals surface area contributed by atoms with Gasteiger partial charge in [0.2, 0.25) is 0 Å². The van der Waals surface area contributed by atoms with Crippen LogP contribution in [0.5, 0.6) is 0 Å². The molecule has 0 fully saturated rings. The molecule has 0 rings (SSSR count). The Kier molecular flexibility index (Phi) is 72.2. The van der Waals surface area contributed by atoms with Crippen molar-refractivity contribution < 1.29 is 80.2 Å². The summed E-state index contributed by atoms with van der Waals surface area (Å²) in [6, 6.07) is 0. The molecular weight excluding hydrogens is 1320 g/mol. The number of hydrogen-bond acceptors (Lipinski definition) is 15. The summed E-state index contributed by atoms with van der Waals surface area (Å²) in [5, 5.41) is 10.6. The molecule has 0 radical (unpaired) electrons. The number of esters is 4. The first-order valence-electron chi connectivity index (χ1n) is 42.5. The zero-order valence-corrected chi connectivity index (χ0v) is 68.0. The Balaban J connectivity index is 5.23. The number of phosphoric acid groups is 2. The Labute approximate surface area is 619 Å². The molecule has 101 heavy (non-hydrogen) atoms. The molecule has 600 valence electrons. The van der Waals surface area contributed by atoms with Gasteiger partial charge in [0.15, 0.2) is 12.2 Å². The summed E-state index contributed by atoms with van der Waals surface area (Å²) < 4.78 is 68.7. The van der Waals surface area contributed by atoms with E-state index < -0.39 is 97.5 Å². The maximum Gasteiger partial charge on any atom is 0.472 e. The molecule has 5 atom stereocenters. The summed E-state index contributed by atoms with van der Waals surface area (Å²) >= 11 is 0. The fraction of sp³-hybridized carbons (Fsp3) is 0.951. The van der Waals surface area contributed by atoms with Gasteiger partial charge in [-0.1, -0.05) is 382 Å². The lowest BCUT2D eigenvalue weighted by atomic mass is 10.0. The first-order valence-corrected chi connectivity index (χ1v) is 45.5. The number of aliphatic hydroxyl groups excluding tert-OH is 1.